The van der Waals surface area contributed by atoms with Crippen LogP contribution in [0.4, 0.5) is 0 Å². The molecule has 1 heterocycles. The average molecular weight is 1290 g/mol. The van der Waals surface area contributed by atoms with Crippen molar-refractivity contribution in [3.05, 3.63) is 12.2 Å². The molecule has 1 aliphatic heterocycles. The number of likely N-dealkylation sites (N-methyl/N-ethyl adjacent to an activating group) is 8. The summed E-state index contributed by atoms with van der Waals surface area (Å²) in [7, 11) is 7.11. The first-order valence-electron chi connectivity index (χ1n) is 31.8. The number of nitrogens with zero attached hydrogens (tertiary/aromatic N) is 8. The fraction of sp³-hybridized carbons (Fsp3) is 0.797. The molecule has 1 aliphatic rings. The summed E-state index contributed by atoms with van der Waals surface area (Å²) in [6.45, 7) is 28.6. The smallest absolute Gasteiger partial charge is 0.248 e. The van der Waals surface area contributed by atoms with Crippen LogP contribution in [0.3, 0.4) is 0 Å². The number of nitrogens with one attached hydrogen (secondary N) is 3. The van der Waals surface area contributed by atoms with Crippen LogP contribution in [0.25, 0.3) is 0 Å². The van der Waals surface area contributed by atoms with E-state index in [-0.39, 0.29) is 49.9 Å². The quantitative estimate of drug-likeness (QED) is 0.162. The van der Waals surface area contributed by atoms with Gasteiger partial charge in [-0.25, -0.2) is 8.42 Å². The van der Waals surface area contributed by atoms with E-state index in [2.05, 4.69) is 16.0 Å². The van der Waals surface area contributed by atoms with Gasteiger partial charge in [0, 0.05) is 62.6 Å². The monoisotopic (exact) mass is 1290 g/mol. The predicted octanol–water partition coefficient (Wildman–Crippen LogP) is 2.63. The summed E-state index contributed by atoms with van der Waals surface area (Å²) in [5.74, 6) is -12.4. The fourth-order valence-corrected chi connectivity index (χ4v) is 12.9. The lowest BCUT2D eigenvalue weighted by atomic mass is 9.91. The Bertz CT molecular complexity index is 2650. The number of aliphatic hydroxyl groups is 1. The molecule has 0 saturated carbocycles. The Labute approximate surface area is 538 Å². The number of sulfone groups is 1. The summed E-state index contributed by atoms with van der Waals surface area (Å²) in [5, 5.41) is 20.3. The molecule has 90 heavy (non-hydrogen) atoms. The average Bonchev–Trinajstić information content (AvgIpc) is 0.953. The van der Waals surface area contributed by atoms with E-state index in [1.165, 1.54) is 98.8 Å². The Balaban J connectivity index is 4.52. The molecule has 11 amide bonds. The van der Waals surface area contributed by atoms with Gasteiger partial charge in [0.05, 0.1) is 11.9 Å². The Morgan fingerprint density at radius 3 is 1.30 bits per heavy atom. The highest BCUT2D eigenvalue weighted by Gasteiger charge is 2.47. The molecule has 26 heteroatoms. The predicted molar refractivity (Wildman–Crippen MR) is 347 cm³/mol. The highest BCUT2D eigenvalue weighted by atomic mass is 32.2. The second kappa shape index (κ2) is 35.6. The van der Waals surface area contributed by atoms with Crippen molar-refractivity contribution in [2.24, 2.45) is 41.4 Å². The minimum atomic E-state index is -3.82. The molecule has 0 spiro atoms. The van der Waals surface area contributed by atoms with E-state index >= 15 is 19.2 Å². The first kappa shape index (κ1) is 81.8. The van der Waals surface area contributed by atoms with Crippen LogP contribution < -0.4 is 16.0 Å². The van der Waals surface area contributed by atoms with Crippen LogP contribution in [0.1, 0.15) is 150 Å². The van der Waals surface area contributed by atoms with Gasteiger partial charge in [-0.3, -0.25) is 52.7 Å². The van der Waals surface area contributed by atoms with Crippen molar-refractivity contribution in [3.8, 4) is 0 Å². The third-order valence-electron chi connectivity index (χ3n) is 17.3. The van der Waals surface area contributed by atoms with E-state index < -0.39 is 177 Å². The summed E-state index contributed by atoms with van der Waals surface area (Å²) < 4.78 is 25.8. The topological polar surface area (TPSA) is 304 Å². The van der Waals surface area contributed by atoms with E-state index in [4.69, 9.17) is 0 Å². The molecular formula is C64H115N11O14S. The molecule has 1 rings (SSSR count). The minimum Gasteiger partial charge on any atom is -0.390 e. The summed E-state index contributed by atoms with van der Waals surface area (Å²) in [4.78, 5) is 172. The molecular weight excluding hydrogens is 1180 g/mol. The third kappa shape index (κ3) is 21.7. The molecule has 516 valence electrons. The van der Waals surface area contributed by atoms with Crippen molar-refractivity contribution >= 4 is 74.8 Å². The van der Waals surface area contributed by atoms with Crippen LogP contribution in [-0.4, -0.2) is 259 Å². The van der Waals surface area contributed by atoms with Gasteiger partial charge in [0.15, 0.2) is 0 Å². The Kier molecular flexibility index (Phi) is 32.4. The van der Waals surface area contributed by atoms with Crippen molar-refractivity contribution in [1.82, 2.24) is 55.1 Å². The van der Waals surface area contributed by atoms with Gasteiger partial charge in [0.1, 0.15) is 76.3 Å². The zero-order valence-electron chi connectivity index (χ0n) is 59.1. The van der Waals surface area contributed by atoms with Crippen LogP contribution in [0, 0.1) is 41.4 Å². The van der Waals surface area contributed by atoms with Gasteiger partial charge in [0.2, 0.25) is 65.0 Å². The molecule has 4 N–H and O–H groups in total. The third-order valence-corrected chi connectivity index (χ3v) is 18.5. The van der Waals surface area contributed by atoms with Crippen molar-refractivity contribution < 1.29 is 66.3 Å². The number of rotatable bonds is 16. The fourth-order valence-electron chi connectivity index (χ4n) is 11.7. The van der Waals surface area contributed by atoms with E-state index in [9.17, 15) is 47.1 Å². The summed E-state index contributed by atoms with van der Waals surface area (Å²) in [6.07, 6.45) is 3.56. The van der Waals surface area contributed by atoms with Crippen LogP contribution >= 0.6 is 0 Å². The summed E-state index contributed by atoms with van der Waals surface area (Å²) in [5.41, 5.74) is 0. The Hall–Kier alpha value is -6.18. The maximum Gasteiger partial charge on any atom is 0.248 e. The maximum atomic E-state index is 15.3. The van der Waals surface area contributed by atoms with Crippen molar-refractivity contribution in [3.63, 3.8) is 0 Å². The molecule has 0 aliphatic carbocycles. The van der Waals surface area contributed by atoms with Crippen LogP contribution in [0.15, 0.2) is 12.2 Å². The number of carbonyl (C=O) groups is 11. The summed E-state index contributed by atoms with van der Waals surface area (Å²) >= 11 is 0. The number of hydrogen-bond acceptors (Lipinski definition) is 14. The Morgan fingerprint density at radius 1 is 0.456 bits per heavy atom. The number of carbonyl (C=O) groups excluding carboxylic acids is 11. The van der Waals surface area contributed by atoms with E-state index in [1.54, 1.807) is 60.6 Å². The Morgan fingerprint density at radius 2 is 0.856 bits per heavy atom. The molecule has 0 aromatic rings. The largest absolute Gasteiger partial charge is 0.390 e. The van der Waals surface area contributed by atoms with Crippen molar-refractivity contribution in [2.45, 2.75) is 222 Å². The van der Waals surface area contributed by atoms with Gasteiger partial charge in [0.25, 0.3) is 0 Å². The molecule has 0 radical (unpaired) electrons. The minimum absolute atomic E-state index is 0.0314. The SMILES string of the molecule is C/C=C/C[C@@H](C)[C@@H](O)[C@H]1C(=O)N(C)[C@@H](CC)C(=O)N(C)[C@H](C)C(=O)N(C)[C@@H]([C@H](C)CS(C)(=O)=O)C(=O)N[C@@H](C(C)C)C(=O)N(C)[C@@H](CC(C)C)C(=O)N[C@@H](C)C(=O)N[C@H](C)C(=O)N(C)[C@@H](CC(C)C)C(=O)N(C)[C@@H](CC(C)C)C(=O)N(C)[C@@H](C(C)C)C(=O)N1C. The molecule has 0 bridgehead atoms. The molecule has 0 unspecified atom stereocenters. The first-order valence-corrected chi connectivity index (χ1v) is 33.8. The lowest BCUT2D eigenvalue weighted by molar-refractivity contribution is -0.161. The highest BCUT2D eigenvalue weighted by Crippen LogP contribution is 2.27. The van der Waals surface area contributed by atoms with Crippen LogP contribution in [0.5, 0.6) is 0 Å². The van der Waals surface area contributed by atoms with Gasteiger partial charge in [-0.15, -0.1) is 0 Å². The number of hydrogen-bond donors (Lipinski definition) is 4. The molecule has 14 atom stereocenters. The second-order valence-corrected chi connectivity index (χ2v) is 29.4. The number of amides is 11. The number of aliphatic hydroxyl groups excluding tert-OH is 1. The van der Waals surface area contributed by atoms with Gasteiger partial charge in [-0.05, 0) is 101 Å². The van der Waals surface area contributed by atoms with Crippen molar-refractivity contribution in [2.75, 3.05) is 68.4 Å². The van der Waals surface area contributed by atoms with Gasteiger partial charge in [-0.2, -0.15) is 0 Å². The maximum absolute atomic E-state index is 15.3. The first-order chi connectivity index (χ1) is 41.3. The van der Waals surface area contributed by atoms with Gasteiger partial charge < -0.3 is 60.3 Å². The van der Waals surface area contributed by atoms with Crippen LogP contribution in [-0.2, 0) is 62.6 Å². The number of allylic oxidation sites excluding steroid dienone is 2. The van der Waals surface area contributed by atoms with E-state index in [1.807, 2.05) is 41.5 Å². The van der Waals surface area contributed by atoms with Gasteiger partial charge in [-0.1, -0.05) is 102 Å². The second-order valence-electron chi connectivity index (χ2n) is 27.2. The highest BCUT2D eigenvalue weighted by molar-refractivity contribution is 7.90. The van der Waals surface area contributed by atoms with E-state index in [0.717, 1.165) is 30.8 Å². The molecule has 1 saturated heterocycles. The molecule has 0 aromatic heterocycles. The molecule has 0 aromatic carbocycles. The van der Waals surface area contributed by atoms with Crippen molar-refractivity contribution in [1.29, 1.82) is 0 Å². The van der Waals surface area contributed by atoms with Gasteiger partial charge >= 0.3 is 0 Å². The molecule has 25 nitrogen and oxygen atoms in total. The molecule has 1 fully saturated rings. The van der Waals surface area contributed by atoms with E-state index in [0.29, 0.717) is 0 Å². The standard InChI is InChI=1S/C64H115N11O14S/c1-27-29-30-40(13)53(76)52-64(87)69(19)45(28-2)59(82)68(18)44(17)58(81)74(24)51(41(14)34-90(26,88)89)56(79)67-49(38(9)10)62(85)70(20)46(31-35(3)4)55(78)65-42(15)54(77)66-43(16)57(80)71(21)47(32-36(5)6)60(83)72(22)48(33-37(7)8)61(84)73(23)50(39(11)12)63(86)75(52)25/h27,29,35-53,76H,28,30-34H2,1-26H3,(H,65,78)(H,66,77)(H,67,79)/b29-27+/t40-,41-,42+,43-,44-,45+,46+,47+,48+,49+,50+,51+,52+,53-/m1/s1. The zero-order chi connectivity index (χ0) is 70.2. The lowest BCUT2D eigenvalue weighted by Gasteiger charge is -2.43. The lowest BCUT2D eigenvalue weighted by Crippen LogP contribution is -2.64. The summed E-state index contributed by atoms with van der Waals surface area (Å²) in [6, 6.07) is -14.7. The zero-order valence-corrected chi connectivity index (χ0v) is 59.9. The normalized spacial score (nSPS) is 27.5. The van der Waals surface area contributed by atoms with Crippen LogP contribution in [0.2, 0.25) is 0 Å².